The fourth-order valence-corrected chi connectivity index (χ4v) is 4.56. The van der Waals surface area contributed by atoms with E-state index in [1.54, 1.807) is 12.1 Å². The Morgan fingerprint density at radius 1 is 1.06 bits per heavy atom. The Hall–Kier alpha value is -3.43. The molecule has 8 nitrogen and oxygen atoms in total. The molecular formula is C22H22N6O2S. The molecule has 1 aliphatic heterocycles. The number of aromatic carboxylic acids is 1. The average molecular weight is 435 g/mol. The second kappa shape index (κ2) is 8.01. The number of aromatic nitrogens is 3. The lowest BCUT2D eigenvalue weighted by atomic mass is 10.2. The number of fused-ring (bicyclic) bond motifs is 1. The molecule has 0 spiro atoms. The smallest absolute Gasteiger partial charge is 0.345 e. The highest BCUT2D eigenvalue weighted by Crippen LogP contribution is 2.33. The molecule has 3 aromatic heterocycles. The molecule has 158 valence electrons. The Kier molecular flexibility index (Phi) is 5.05. The van der Waals surface area contributed by atoms with Crippen LogP contribution >= 0.6 is 11.3 Å². The lowest BCUT2D eigenvalue weighted by molar-refractivity contribution is 0.0702. The number of hydrogen-bond donors (Lipinski definition) is 3. The third-order valence-electron chi connectivity index (χ3n) is 5.46. The Labute approximate surface area is 183 Å². The van der Waals surface area contributed by atoms with Crippen LogP contribution in [0.25, 0.3) is 21.6 Å². The van der Waals surface area contributed by atoms with Crippen LogP contribution in [0, 0.1) is 0 Å². The van der Waals surface area contributed by atoms with Gasteiger partial charge >= 0.3 is 5.97 Å². The molecule has 0 bridgehead atoms. The van der Waals surface area contributed by atoms with Crippen molar-refractivity contribution >= 4 is 45.7 Å². The number of rotatable bonds is 5. The molecule has 31 heavy (non-hydrogen) atoms. The fourth-order valence-electron chi connectivity index (χ4n) is 3.71. The maximum Gasteiger partial charge on any atom is 0.345 e. The van der Waals surface area contributed by atoms with Crippen LogP contribution < -0.4 is 10.2 Å². The molecule has 5 rings (SSSR count). The van der Waals surface area contributed by atoms with Gasteiger partial charge in [0.1, 0.15) is 10.5 Å². The van der Waals surface area contributed by atoms with Crippen LogP contribution in [0.4, 0.5) is 17.3 Å². The zero-order valence-electron chi connectivity index (χ0n) is 17.0. The molecule has 3 N–H and O–H groups in total. The first-order valence-electron chi connectivity index (χ1n) is 10.1. The van der Waals surface area contributed by atoms with Gasteiger partial charge in [-0.1, -0.05) is 0 Å². The Balaban J connectivity index is 1.41. The van der Waals surface area contributed by atoms with Crippen molar-refractivity contribution in [2.45, 2.75) is 0 Å². The SMILES string of the molecule is CN1CCN(c2ccc(Nc3nc(-c4ccc(C(=O)O)s4)c4cc[nH]c4n3)cc2)CC1. The van der Waals surface area contributed by atoms with Crippen LogP contribution in [0.3, 0.4) is 0 Å². The van der Waals surface area contributed by atoms with Crippen molar-refractivity contribution in [2.24, 2.45) is 0 Å². The highest BCUT2D eigenvalue weighted by Gasteiger charge is 2.16. The summed E-state index contributed by atoms with van der Waals surface area (Å²) in [5.41, 5.74) is 3.51. The number of carbonyl (C=O) groups is 1. The van der Waals surface area contributed by atoms with Crippen LogP contribution in [0.5, 0.6) is 0 Å². The van der Waals surface area contributed by atoms with Gasteiger partial charge in [-0.2, -0.15) is 4.98 Å². The van der Waals surface area contributed by atoms with E-state index in [2.05, 4.69) is 44.3 Å². The van der Waals surface area contributed by atoms with Gasteiger partial charge in [0.2, 0.25) is 5.95 Å². The normalized spacial score (nSPS) is 14.8. The van der Waals surface area contributed by atoms with E-state index in [9.17, 15) is 9.90 Å². The number of benzene rings is 1. The second-order valence-electron chi connectivity index (χ2n) is 7.57. The molecule has 0 saturated carbocycles. The molecule has 1 aromatic carbocycles. The van der Waals surface area contributed by atoms with Crippen molar-refractivity contribution in [3.05, 3.63) is 53.5 Å². The molecule has 4 aromatic rings. The number of likely N-dealkylation sites (N-methyl/N-ethyl adjacent to an activating group) is 1. The van der Waals surface area contributed by atoms with Gasteiger partial charge in [-0.05, 0) is 49.5 Å². The van der Waals surface area contributed by atoms with E-state index < -0.39 is 5.97 Å². The molecule has 0 unspecified atom stereocenters. The number of carboxylic acid groups (broad SMARTS) is 1. The quantitative estimate of drug-likeness (QED) is 0.439. The van der Waals surface area contributed by atoms with Gasteiger partial charge in [-0.3, -0.25) is 0 Å². The molecule has 9 heteroatoms. The maximum atomic E-state index is 11.3. The first-order valence-corrected chi connectivity index (χ1v) is 10.9. The van der Waals surface area contributed by atoms with E-state index >= 15 is 0 Å². The van der Waals surface area contributed by atoms with Crippen LogP contribution in [0.1, 0.15) is 9.67 Å². The molecule has 0 radical (unpaired) electrons. The lowest BCUT2D eigenvalue weighted by Crippen LogP contribution is -2.44. The predicted molar refractivity (Wildman–Crippen MR) is 124 cm³/mol. The van der Waals surface area contributed by atoms with Gasteiger partial charge < -0.3 is 25.2 Å². The summed E-state index contributed by atoms with van der Waals surface area (Å²) < 4.78 is 0. The van der Waals surface area contributed by atoms with Gasteiger partial charge in [-0.25, -0.2) is 9.78 Å². The summed E-state index contributed by atoms with van der Waals surface area (Å²) in [4.78, 5) is 29.5. The van der Waals surface area contributed by atoms with Gasteiger partial charge in [0, 0.05) is 49.1 Å². The first kappa shape index (κ1) is 19.5. The van der Waals surface area contributed by atoms with Crippen molar-refractivity contribution < 1.29 is 9.90 Å². The molecule has 0 aliphatic carbocycles. The number of piperazine rings is 1. The van der Waals surface area contributed by atoms with Crippen molar-refractivity contribution in [1.29, 1.82) is 0 Å². The van der Waals surface area contributed by atoms with Crippen molar-refractivity contribution in [2.75, 3.05) is 43.4 Å². The number of hydrogen-bond acceptors (Lipinski definition) is 7. The molecule has 1 fully saturated rings. The van der Waals surface area contributed by atoms with E-state index in [-0.39, 0.29) is 4.88 Å². The number of aromatic amines is 1. The summed E-state index contributed by atoms with van der Waals surface area (Å²) >= 11 is 1.20. The zero-order chi connectivity index (χ0) is 21.4. The number of thiophene rings is 1. The van der Waals surface area contributed by atoms with Gasteiger partial charge in [-0.15, -0.1) is 11.3 Å². The fraction of sp³-hybridized carbons (Fsp3) is 0.227. The minimum atomic E-state index is -0.936. The van der Waals surface area contributed by atoms with Gasteiger partial charge in [0.05, 0.1) is 10.6 Å². The van der Waals surface area contributed by atoms with E-state index in [1.807, 2.05) is 24.4 Å². The molecule has 0 amide bonds. The average Bonchev–Trinajstić information content (AvgIpc) is 3.44. The standard InChI is InChI=1S/C22H22N6O2S/c1-27-10-12-28(13-11-27)15-4-2-14(3-5-15)24-22-25-19(16-8-9-23-20(16)26-22)17-6-7-18(31-17)21(29)30/h2-9H,10-13H2,1H3,(H,29,30)(H2,23,24,25,26). The minimum Gasteiger partial charge on any atom is -0.477 e. The van der Waals surface area contributed by atoms with Crippen LogP contribution in [-0.2, 0) is 0 Å². The molecule has 4 heterocycles. The highest BCUT2D eigenvalue weighted by atomic mass is 32.1. The zero-order valence-corrected chi connectivity index (χ0v) is 17.8. The Morgan fingerprint density at radius 3 is 2.55 bits per heavy atom. The predicted octanol–water partition coefficient (Wildman–Crippen LogP) is 3.88. The lowest BCUT2D eigenvalue weighted by Gasteiger charge is -2.34. The number of nitrogens with one attached hydrogen (secondary N) is 2. The van der Waals surface area contributed by atoms with E-state index in [0.29, 0.717) is 17.3 Å². The topological polar surface area (TPSA) is 97.4 Å². The highest BCUT2D eigenvalue weighted by molar-refractivity contribution is 7.17. The summed E-state index contributed by atoms with van der Waals surface area (Å²) in [5, 5.41) is 13.4. The summed E-state index contributed by atoms with van der Waals surface area (Å²) in [6.45, 7) is 4.19. The number of carboxylic acids is 1. The van der Waals surface area contributed by atoms with E-state index in [4.69, 9.17) is 4.98 Å². The second-order valence-corrected chi connectivity index (χ2v) is 8.65. The van der Waals surface area contributed by atoms with Crippen molar-refractivity contribution in [3.63, 3.8) is 0 Å². The monoisotopic (exact) mass is 434 g/mol. The Morgan fingerprint density at radius 2 is 1.84 bits per heavy atom. The summed E-state index contributed by atoms with van der Waals surface area (Å²) in [6, 6.07) is 13.6. The third-order valence-corrected chi connectivity index (χ3v) is 6.54. The first-order chi connectivity index (χ1) is 15.1. The van der Waals surface area contributed by atoms with Crippen LogP contribution in [-0.4, -0.2) is 64.2 Å². The third kappa shape index (κ3) is 3.97. The summed E-state index contributed by atoms with van der Waals surface area (Å²) in [5.74, 6) is -0.475. The maximum absolute atomic E-state index is 11.3. The number of nitrogens with zero attached hydrogens (tertiary/aromatic N) is 4. The van der Waals surface area contributed by atoms with E-state index in [0.717, 1.165) is 42.1 Å². The van der Waals surface area contributed by atoms with Gasteiger partial charge in [0.25, 0.3) is 0 Å². The Bertz CT molecular complexity index is 1220. The molecule has 1 saturated heterocycles. The molecule has 1 aliphatic rings. The summed E-state index contributed by atoms with van der Waals surface area (Å²) in [7, 11) is 2.15. The van der Waals surface area contributed by atoms with Crippen LogP contribution in [0.2, 0.25) is 0 Å². The van der Waals surface area contributed by atoms with E-state index in [1.165, 1.54) is 17.0 Å². The number of anilines is 3. The number of H-pyrrole nitrogens is 1. The van der Waals surface area contributed by atoms with Gasteiger partial charge in [0.15, 0.2) is 0 Å². The molecular weight excluding hydrogens is 412 g/mol. The summed E-state index contributed by atoms with van der Waals surface area (Å²) in [6.07, 6.45) is 1.81. The largest absolute Gasteiger partial charge is 0.477 e. The van der Waals surface area contributed by atoms with Crippen LogP contribution in [0.15, 0.2) is 48.7 Å². The van der Waals surface area contributed by atoms with Crippen molar-refractivity contribution in [1.82, 2.24) is 19.9 Å². The van der Waals surface area contributed by atoms with Crippen molar-refractivity contribution in [3.8, 4) is 10.6 Å². The minimum absolute atomic E-state index is 0.284. The molecule has 0 atom stereocenters.